The molecule has 0 bridgehead atoms. The average molecular weight is 315 g/mol. The van der Waals surface area contributed by atoms with Gasteiger partial charge in [-0.25, -0.2) is 0 Å². The lowest BCUT2D eigenvalue weighted by Gasteiger charge is -2.27. The van der Waals surface area contributed by atoms with Crippen LogP contribution in [0.2, 0.25) is 0 Å². The van der Waals surface area contributed by atoms with E-state index in [1.807, 2.05) is 25.4 Å². The Labute approximate surface area is 137 Å². The normalized spacial score (nSPS) is 18.7. The van der Waals surface area contributed by atoms with Gasteiger partial charge in [-0.05, 0) is 31.5 Å². The van der Waals surface area contributed by atoms with Crippen LogP contribution in [0.25, 0.3) is 0 Å². The first-order chi connectivity index (χ1) is 11.3. The van der Waals surface area contributed by atoms with Gasteiger partial charge < -0.3 is 4.52 Å². The third kappa shape index (κ3) is 4.14. The van der Waals surface area contributed by atoms with Crippen molar-refractivity contribution in [3.8, 4) is 0 Å². The molecule has 1 unspecified atom stereocenters. The molecule has 3 heterocycles. The van der Waals surface area contributed by atoms with Crippen molar-refractivity contribution in [2.75, 3.05) is 26.2 Å². The van der Waals surface area contributed by atoms with Gasteiger partial charge in [-0.1, -0.05) is 18.1 Å². The summed E-state index contributed by atoms with van der Waals surface area (Å²) in [7, 11) is 0. The zero-order chi connectivity index (χ0) is 16.1. The van der Waals surface area contributed by atoms with Gasteiger partial charge in [-0.3, -0.25) is 14.8 Å². The topological polar surface area (TPSA) is 58.3 Å². The molecule has 0 amide bonds. The first-order valence-electron chi connectivity index (χ1n) is 8.44. The van der Waals surface area contributed by atoms with E-state index < -0.39 is 0 Å². The van der Waals surface area contributed by atoms with Crippen molar-refractivity contribution in [3.05, 3.63) is 41.8 Å². The van der Waals surface area contributed by atoms with Crippen molar-refractivity contribution in [1.82, 2.24) is 24.9 Å². The summed E-state index contributed by atoms with van der Waals surface area (Å²) in [6, 6.07) is 4.57. The number of aromatic nitrogens is 3. The lowest BCUT2D eigenvalue weighted by molar-refractivity contribution is 0.206. The van der Waals surface area contributed by atoms with Crippen molar-refractivity contribution in [1.29, 1.82) is 0 Å². The van der Waals surface area contributed by atoms with E-state index in [1.54, 1.807) is 0 Å². The van der Waals surface area contributed by atoms with Crippen LogP contribution in [0.3, 0.4) is 0 Å². The molecule has 23 heavy (non-hydrogen) atoms. The molecule has 124 valence electrons. The molecule has 2 aromatic heterocycles. The van der Waals surface area contributed by atoms with E-state index in [0.29, 0.717) is 6.04 Å². The highest BCUT2D eigenvalue weighted by Gasteiger charge is 2.21. The molecule has 0 spiro atoms. The van der Waals surface area contributed by atoms with Crippen LogP contribution in [0.5, 0.6) is 0 Å². The Kier molecular flexibility index (Phi) is 5.35. The third-order valence-corrected chi connectivity index (χ3v) is 4.52. The highest BCUT2D eigenvalue weighted by atomic mass is 16.5. The molecule has 1 aliphatic rings. The lowest BCUT2D eigenvalue weighted by Crippen LogP contribution is -2.32. The molecular weight excluding hydrogens is 290 g/mol. The summed E-state index contributed by atoms with van der Waals surface area (Å²) in [6.07, 6.45) is 5.75. The average Bonchev–Trinajstić information content (AvgIpc) is 2.92. The van der Waals surface area contributed by atoms with Crippen LogP contribution in [0.15, 0.2) is 29.0 Å². The van der Waals surface area contributed by atoms with Crippen molar-refractivity contribution >= 4 is 0 Å². The Morgan fingerprint density at radius 3 is 2.91 bits per heavy atom. The van der Waals surface area contributed by atoms with E-state index in [9.17, 15) is 0 Å². The summed E-state index contributed by atoms with van der Waals surface area (Å²) in [4.78, 5) is 13.6. The maximum absolute atomic E-state index is 5.20. The van der Waals surface area contributed by atoms with Gasteiger partial charge in [0.1, 0.15) is 0 Å². The minimum Gasteiger partial charge on any atom is -0.339 e. The number of nitrogens with zero attached hydrogens (tertiary/aromatic N) is 5. The van der Waals surface area contributed by atoms with E-state index in [0.717, 1.165) is 57.3 Å². The Hall–Kier alpha value is -1.79. The predicted molar refractivity (Wildman–Crippen MR) is 87.8 cm³/mol. The molecule has 6 heteroatoms. The fraction of sp³-hybridized carbons (Fsp3) is 0.588. The van der Waals surface area contributed by atoms with Crippen LogP contribution in [-0.2, 0) is 13.0 Å². The second kappa shape index (κ2) is 7.66. The lowest BCUT2D eigenvalue weighted by atomic mass is 10.1. The maximum atomic E-state index is 5.20. The summed E-state index contributed by atoms with van der Waals surface area (Å²) in [5, 5.41) is 4.06. The van der Waals surface area contributed by atoms with Crippen molar-refractivity contribution in [3.63, 3.8) is 0 Å². The minimum absolute atomic E-state index is 0.403. The molecule has 1 fully saturated rings. The second-order valence-electron chi connectivity index (χ2n) is 6.09. The first kappa shape index (κ1) is 16.1. The van der Waals surface area contributed by atoms with E-state index in [4.69, 9.17) is 4.52 Å². The van der Waals surface area contributed by atoms with Gasteiger partial charge >= 0.3 is 0 Å². The van der Waals surface area contributed by atoms with Crippen molar-refractivity contribution in [2.45, 2.75) is 39.3 Å². The van der Waals surface area contributed by atoms with E-state index in [2.05, 4.69) is 37.9 Å². The summed E-state index contributed by atoms with van der Waals surface area (Å²) in [5.41, 5.74) is 1.28. The van der Waals surface area contributed by atoms with Crippen LogP contribution in [0.1, 0.15) is 43.6 Å². The van der Waals surface area contributed by atoms with E-state index >= 15 is 0 Å². The van der Waals surface area contributed by atoms with E-state index in [1.165, 1.54) is 5.56 Å². The molecule has 0 aromatic carbocycles. The molecule has 3 rings (SSSR count). The minimum atomic E-state index is 0.403. The number of pyridine rings is 1. The van der Waals surface area contributed by atoms with Gasteiger partial charge in [0.05, 0.1) is 6.54 Å². The zero-order valence-electron chi connectivity index (χ0n) is 14.0. The SMILES string of the molecule is CCc1nc(CN2CCCN(C(C)c3cccnc3)CC2)no1. The van der Waals surface area contributed by atoms with Crippen molar-refractivity contribution < 1.29 is 4.52 Å². The molecule has 0 aliphatic carbocycles. The molecule has 0 saturated carbocycles. The molecular formula is C17H25N5O. The standard InChI is InChI=1S/C17H25N5O/c1-3-17-19-16(20-23-17)13-21-8-5-9-22(11-10-21)14(2)15-6-4-7-18-12-15/h4,6-7,12,14H,3,5,8-11,13H2,1-2H3. The van der Waals surface area contributed by atoms with Crippen LogP contribution in [0, 0.1) is 0 Å². The highest BCUT2D eigenvalue weighted by molar-refractivity contribution is 5.13. The maximum Gasteiger partial charge on any atom is 0.226 e. The van der Waals surface area contributed by atoms with Gasteiger partial charge in [-0.15, -0.1) is 0 Å². The zero-order valence-corrected chi connectivity index (χ0v) is 14.0. The Bertz CT molecular complexity index is 600. The van der Waals surface area contributed by atoms with Gasteiger partial charge in [0.25, 0.3) is 0 Å². The van der Waals surface area contributed by atoms with Gasteiger partial charge in [0.15, 0.2) is 5.82 Å². The Morgan fingerprint density at radius 2 is 2.17 bits per heavy atom. The molecule has 6 nitrogen and oxygen atoms in total. The summed E-state index contributed by atoms with van der Waals surface area (Å²) >= 11 is 0. The number of aryl methyl sites for hydroxylation is 1. The predicted octanol–water partition coefficient (Wildman–Crippen LogP) is 2.30. The summed E-state index contributed by atoms with van der Waals surface area (Å²) < 4.78 is 5.20. The fourth-order valence-corrected chi connectivity index (χ4v) is 3.07. The van der Waals surface area contributed by atoms with Crippen LogP contribution >= 0.6 is 0 Å². The summed E-state index contributed by atoms with van der Waals surface area (Å²) in [6.45, 7) is 9.33. The number of hydrogen-bond acceptors (Lipinski definition) is 6. The van der Waals surface area contributed by atoms with Crippen LogP contribution < -0.4 is 0 Å². The van der Waals surface area contributed by atoms with E-state index in [-0.39, 0.29) is 0 Å². The van der Waals surface area contributed by atoms with Gasteiger partial charge in [0, 0.05) is 44.5 Å². The van der Waals surface area contributed by atoms with Gasteiger partial charge in [-0.2, -0.15) is 4.98 Å². The molecule has 1 aliphatic heterocycles. The van der Waals surface area contributed by atoms with Crippen molar-refractivity contribution in [2.24, 2.45) is 0 Å². The Balaban J connectivity index is 1.56. The van der Waals surface area contributed by atoms with Crippen LogP contribution in [-0.4, -0.2) is 51.1 Å². The summed E-state index contributed by atoms with van der Waals surface area (Å²) in [5.74, 6) is 1.53. The second-order valence-corrected chi connectivity index (χ2v) is 6.09. The first-order valence-corrected chi connectivity index (χ1v) is 8.44. The quantitative estimate of drug-likeness (QED) is 0.844. The number of hydrogen-bond donors (Lipinski definition) is 0. The van der Waals surface area contributed by atoms with Crippen LogP contribution in [0.4, 0.5) is 0 Å². The molecule has 0 N–H and O–H groups in total. The molecule has 2 aromatic rings. The smallest absolute Gasteiger partial charge is 0.226 e. The molecule has 1 atom stereocenters. The largest absolute Gasteiger partial charge is 0.339 e. The monoisotopic (exact) mass is 315 g/mol. The molecule has 0 radical (unpaired) electrons. The fourth-order valence-electron chi connectivity index (χ4n) is 3.07. The number of rotatable bonds is 5. The highest BCUT2D eigenvalue weighted by Crippen LogP contribution is 2.21. The Morgan fingerprint density at radius 1 is 1.26 bits per heavy atom. The third-order valence-electron chi connectivity index (χ3n) is 4.52. The van der Waals surface area contributed by atoms with Gasteiger partial charge in [0.2, 0.25) is 5.89 Å². The molecule has 1 saturated heterocycles.